The van der Waals surface area contributed by atoms with Crippen LogP contribution in [0.2, 0.25) is 0 Å². The molecule has 0 saturated carbocycles. The summed E-state index contributed by atoms with van der Waals surface area (Å²) in [4.78, 5) is 2.40. The molecule has 1 aliphatic heterocycles. The van der Waals surface area contributed by atoms with Crippen LogP contribution < -0.4 is 14.8 Å². The van der Waals surface area contributed by atoms with Gasteiger partial charge in [-0.3, -0.25) is 4.90 Å². The zero-order valence-electron chi connectivity index (χ0n) is 14.8. The van der Waals surface area contributed by atoms with E-state index in [1.54, 1.807) is 26.4 Å². The van der Waals surface area contributed by atoms with Crippen LogP contribution in [0.3, 0.4) is 0 Å². The summed E-state index contributed by atoms with van der Waals surface area (Å²) in [5.41, 5.74) is 2.03. The molecule has 1 heterocycles. The highest BCUT2D eigenvalue weighted by Gasteiger charge is 2.24. The first kappa shape index (κ1) is 17.7. The number of methoxy groups -OCH3 is 2. The number of rotatable bonds is 5. The van der Waals surface area contributed by atoms with E-state index in [1.807, 2.05) is 24.3 Å². The van der Waals surface area contributed by atoms with Gasteiger partial charge in [-0.1, -0.05) is 18.2 Å². The molecule has 0 radical (unpaired) electrons. The molecule has 1 aliphatic rings. The normalized spacial score (nSPS) is 16.9. The molecule has 0 bridgehead atoms. The van der Waals surface area contributed by atoms with Gasteiger partial charge in [-0.25, -0.2) is 4.39 Å². The van der Waals surface area contributed by atoms with Crippen molar-refractivity contribution in [3.63, 3.8) is 0 Å². The number of hydrogen-bond donors (Lipinski definition) is 1. The lowest BCUT2D eigenvalue weighted by Crippen LogP contribution is -2.33. The minimum absolute atomic E-state index is 0.0181. The zero-order valence-corrected chi connectivity index (χ0v) is 14.8. The van der Waals surface area contributed by atoms with Gasteiger partial charge in [0.15, 0.2) is 11.5 Å². The van der Waals surface area contributed by atoms with Crippen LogP contribution >= 0.6 is 0 Å². The highest BCUT2D eigenvalue weighted by molar-refractivity contribution is 5.46. The molecular weight excluding hydrogens is 319 g/mol. The molecule has 25 heavy (non-hydrogen) atoms. The summed E-state index contributed by atoms with van der Waals surface area (Å²) in [6, 6.07) is 12.8. The van der Waals surface area contributed by atoms with Crippen molar-refractivity contribution >= 4 is 0 Å². The van der Waals surface area contributed by atoms with E-state index in [0.29, 0.717) is 11.5 Å². The second-order valence-electron chi connectivity index (χ2n) is 6.21. The van der Waals surface area contributed by atoms with Gasteiger partial charge in [0.2, 0.25) is 0 Å². The number of ether oxygens (including phenoxy) is 2. The Morgan fingerprint density at radius 2 is 1.76 bits per heavy atom. The van der Waals surface area contributed by atoms with E-state index in [4.69, 9.17) is 9.47 Å². The lowest BCUT2D eigenvalue weighted by Gasteiger charge is -2.31. The van der Waals surface area contributed by atoms with Crippen LogP contribution in [0.4, 0.5) is 4.39 Å². The molecule has 5 heteroatoms. The Morgan fingerprint density at radius 3 is 2.52 bits per heavy atom. The molecule has 1 fully saturated rings. The maximum Gasteiger partial charge on any atom is 0.161 e. The smallest absolute Gasteiger partial charge is 0.161 e. The summed E-state index contributed by atoms with van der Waals surface area (Å²) < 4.78 is 24.7. The molecule has 2 aromatic carbocycles. The quantitative estimate of drug-likeness (QED) is 0.903. The number of benzene rings is 2. The monoisotopic (exact) mass is 344 g/mol. The first-order valence-corrected chi connectivity index (χ1v) is 8.65. The molecule has 0 spiro atoms. The van der Waals surface area contributed by atoms with Crippen molar-refractivity contribution in [3.8, 4) is 11.5 Å². The molecule has 0 aromatic heterocycles. The Labute approximate surface area is 148 Å². The van der Waals surface area contributed by atoms with E-state index in [1.165, 1.54) is 6.07 Å². The van der Waals surface area contributed by atoms with Crippen molar-refractivity contribution in [2.45, 2.75) is 12.5 Å². The predicted octanol–water partition coefficient (Wildman–Crippen LogP) is 3.23. The van der Waals surface area contributed by atoms with Crippen molar-refractivity contribution in [1.82, 2.24) is 10.2 Å². The maximum absolute atomic E-state index is 13.9. The average Bonchev–Trinajstić information content (AvgIpc) is 2.91. The minimum Gasteiger partial charge on any atom is -0.493 e. The first-order chi connectivity index (χ1) is 12.2. The number of nitrogens with one attached hydrogen (secondary N) is 1. The average molecular weight is 344 g/mol. The Bertz CT molecular complexity index is 700. The third-order valence-electron chi connectivity index (χ3n) is 4.63. The van der Waals surface area contributed by atoms with Gasteiger partial charge in [-0.2, -0.15) is 0 Å². The Kier molecular flexibility index (Phi) is 5.89. The van der Waals surface area contributed by atoms with E-state index >= 15 is 0 Å². The molecule has 2 aromatic rings. The van der Waals surface area contributed by atoms with Gasteiger partial charge in [-0.05, 0) is 48.4 Å². The fourth-order valence-electron chi connectivity index (χ4n) is 3.44. The standard InChI is InChI=1S/C20H25FN2O2/c1-24-18-8-7-16(14-19(18)25-2)20(15-5-3-6-17(21)13-15)23-11-4-9-22-10-12-23/h3,5-8,13-14,20,22H,4,9-12H2,1-2H3. The van der Waals surface area contributed by atoms with Gasteiger partial charge in [0.25, 0.3) is 0 Å². The number of halogens is 1. The van der Waals surface area contributed by atoms with E-state index in [0.717, 1.165) is 43.7 Å². The fourth-order valence-corrected chi connectivity index (χ4v) is 3.44. The van der Waals surface area contributed by atoms with E-state index < -0.39 is 0 Å². The molecular formula is C20H25FN2O2. The van der Waals surface area contributed by atoms with Gasteiger partial charge in [0, 0.05) is 19.6 Å². The first-order valence-electron chi connectivity index (χ1n) is 8.65. The molecule has 1 saturated heterocycles. The number of hydrogen-bond acceptors (Lipinski definition) is 4. The third-order valence-corrected chi connectivity index (χ3v) is 4.63. The fraction of sp³-hybridized carbons (Fsp3) is 0.400. The van der Waals surface area contributed by atoms with Crippen LogP contribution in [-0.2, 0) is 0 Å². The molecule has 3 rings (SSSR count). The topological polar surface area (TPSA) is 33.7 Å². The molecule has 0 aliphatic carbocycles. The van der Waals surface area contributed by atoms with Gasteiger partial charge < -0.3 is 14.8 Å². The Morgan fingerprint density at radius 1 is 0.960 bits per heavy atom. The van der Waals surface area contributed by atoms with Crippen molar-refractivity contribution in [3.05, 3.63) is 59.4 Å². The second kappa shape index (κ2) is 8.32. The molecule has 1 N–H and O–H groups in total. The van der Waals surface area contributed by atoms with Gasteiger partial charge in [0.1, 0.15) is 5.82 Å². The van der Waals surface area contributed by atoms with E-state index in [9.17, 15) is 4.39 Å². The van der Waals surface area contributed by atoms with E-state index in [-0.39, 0.29) is 11.9 Å². The lowest BCUT2D eigenvalue weighted by molar-refractivity contribution is 0.240. The van der Waals surface area contributed by atoms with E-state index in [2.05, 4.69) is 10.2 Å². The molecule has 134 valence electrons. The van der Waals surface area contributed by atoms with Crippen LogP contribution in [0.1, 0.15) is 23.6 Å². The summed E-state index contributed by atoms with van der Waals surface area (Å²) in [5, 5.41) is 3.43. The van der Waals surface area contributed by atoms with Gasteiger partial charge in [-0.15, -0.1) is 0 Å². The summed E-state index contributed by atoms with van der Waals surface area (Å²) in [6.45, 7) is 3.81. The largest absolute Gasteiger partial charge is 0.493 e. The zero-order chi connectivity index (χ0) is 17.6. The van der Waals surface area contributed by atoms with Crippen LogP contribution in [0.25, 0.3) is 0 Å². The summed E-state index contributed by atoms with van der Waals surface area (Å²) in [6.07, 6.45) is 1.07. The minimum atomic E-state index is -0.212. The van der Waals surface area contributed by atoms with Crippen LogP contribution in [0.15, 0.2) is 42.5 Å². The molecule has 1 unspecified atom stereocenters. The predicted molar refractivity (Wildman–Crippen MR) is 96.8 cm³/mol. The van der Waals surface area contributed by atoms with Crippen molar-refractivity contribution in [2.75, 3.05) is 40.4 Å². The lowest BCUT2D eigenvalue weighted by atomic mass is 9.96. The summed E-state index contributed by atoms with van der Waals surface area (Å²) >= 11 is 0. The van der Waals surface area contributed by atoms with Crippen LogP contribution in [0, 0.1) is 5.82 Å². The SMILES string of the molecule is COc1ccc(C(c2cccc(F)c2)N2CCCNCC2)cc1OC. The highest BCUT2D eigenvalue weighted by atomic mass is 19.1. The van der Waals surface area contributed by atoms with Crippen molar-refractivity contribution in [2.24, 2.45) is 0 Å². The second-order valence-corrected chi connectivity index (χ2v) is 6.21. The highest BCUT2D eigenvalue weighted by Crippen LogP contribution is 2.35. The molecule has 0 amide bonds. The Balaban J connectivity index is 2.04. The van der Waals surface area contributed by atoms with Crippen LogP contribution in [-0.4, -0.2) is 45.3 Å². The molecule has 1 atom stereocenters. The van der Waals surface area contributed by atoms with Crippen molar-refractivity contribution in [1.29, 1.82) is 0 Å². The van der Waals surface area contributed by atoms with Crippen LogP contribution in [0.5, 0.6) is 11.5 Å². The Hall–Kier alpha value is -2.11. The summed E-state index contributed by atoms with van der Waals surface area (Å²) in [5.74, 6) is 1.17. The van der Waals surface area contributed by atoms with Crippen molar-refractivity contribution < 1.29 is 13.9 Å². The number of nitrogens with zero attached hydrogens (tertiary/aromatic N) is 1. The maximum atomic E-state index is 13.9. The molecule has 4 nitrogen and oxygen atoms in total. The van der Waals surface area contributed by atoms with Gasteiger partial charge >= 0.3 is 0 Å². The van der Waals surface area contributed by atoms with Gasteiger partial charge in [0.05, 0.1) is 20.3 Å². The third kappa shape index (κ3) is 4.11. The summed E-state index contributed by atoms with van der Waals surface area (Å²) in [7, 11) is 3.26.